The fourth-order valence-electron chi connectivity index (χ4n) is 7.56. The Labute approximate surface area is 229 Å². The molecule has 3 aromatic rings. The van der Waals surface area contributed by atoms with Gasteiger partial charge in [-0.1, -0.05) is 42.0 Å². The number of benzene rings is 1. The third kappa shape index (κ3) is 4.25. The van der Waals surface area contributed by atoms with E-state index in [1.807, 2.05) is 0 Å². The summed E-state index contributed by atoms with van der Waals surface area (Å²) < 4.78 is 1.61. The van der Waals surface area contributed by atoms with Crippen molar-refractivity contribution in [3.8, 4) is 17.1 Å². The summed E-state index contributed by atoms with van der Waals surface area (Å²) in [5.41, 5.74) is 14.2. The smallest absolute Gasteiger partial charge is 0.244 e. The summed E-state index contributed by atoms with van der Waals surface area (Å²) in [6, 6.07) is 12.4. The summed E-state index contributed by atoms with van der Waals surface area (Å²) in [7, 11) is 0. The second-order valence-corrected chi connectivity index (χ2v) is 12.1. The highest BCUT2D eigenvalue weighted by Crippen LogP contribution is 2.47. The summed E-state index contributed by atoms with van der Waals surface area (Å²) >= 11 is 0. The van der Waals surface area contributed by atoms with Crippen molar-refractivity contribution in [3.63, 3.8) is 0 Å². The molecule has 1 aromatic carbocycles. The van der Waals surface area contributed by atoms with Gasteiger partial charge in [0.05, 0.1) is 11.7 Å². The Bertz CT molecular complexity index is 1490. The monoisotopic (exact) mass is 520 g/mol. The van der Waals surface area contributed by atoms with E-state index < -0.39 is 0 Å². The zero-order valence-corrected chi connectivity index (χ0v) is 22.4. The van der Waals surface area contributed by atoms with E-state index in [-0.39, 0.29) is 6.04 Å². The molecule has 4 aliphatic carbocycles. The number of likely N-dealkylation sites (tertiary alicyclic amines) is 1. The average molecular weight is 521 g/mol. The van der Waals surface area contributed by atoms with Gasteiger partial charge in [0, 0.05) is 17.6 Å². The molecule has 8 rings (SSSR count). The maximum absolute atomic E-state index is 6.33. The third-order valence-electron chi connectivity index (χ3n) is 9.70. The zero-order chi connectivity index (χ0) is 25.9. The lowest BCUT2D eigenvalue weighted by Gasteiger charge is -2.28. The minimum absolute atomic E-state index is 0.171. The van der Waals surface area contributed by atoms with Crippen LogP contribution >= 0.6 is 0 Å². The Morgan fingerprint density at radius 3 is 2.77 bits per heavy atom. The van der Waals surface area contributed by atoms with Gasteiger partial charge in [0.25, 0.3) is 0 Å². The number of nitrogens with one attached hydrogen (secondary N) is 1. The van der Waals surface area contributed by atoms with Crippen LogP contribution in [0.4, 0.5) is 11.9 Å². The van der Waals surface area contributed by atoms with Gasteiger partial charge in [0.2, 0.25) is 11.9 Å². The van der Waals surface area contributed by atoms with Crippen molar-refractivity contribution < 1.29 is 0 Å². The van der Waals surface area contributed by atoms with E-state index in [4.69, 9.17) is 10.8 Å². The van der Waals surface area contributed by atoms with Gasteiger partial charge in [-0.25, -0.2) is 0 Å². The number of nitrogens with zero attached hydrogens (tertiary/aromatic N) is 6. The predicted octanol–water partition coefficient (Wildman–Crippen LogP) is 4.87. The van der Waals surface area contributed by atoms with Crippen molar-refractivity contribution in [1.82, 2.24) is 29.9 Å². The van der Waals surface area contributed by atoms with Crippen molar-refractivity contribution in [3.05, 3.63) is 64.8 Å². The molecule has 2 aromatic heterocycles. The van der Waals surface area contributed by atoms with E-state index in [1.165, 1.54) is 61.8 Å². The Kier molecular flexibility index (Phi) is 5.57. The van der Waals surface area contributed by atoms with Crippen LogP contribution in [0.3, 0.4) is 0 Å². The highest BCUT2D eigenvalue weighted by Gasteiger charge is 2.48. The van der Waals surface area contributed by atoms with E-state index >= 15 is 0 Å². The Hall–Kier alpha value is -3.52. The number of piperidine rings is 1. The minimum Gasteiger partial charge on any atom is -0.368 e. The summed E-state index contributed by atoms with van der Waals surface area (Å²) in [5.74, 6) is 2.49. The first-order valence-electron chi connectivity index (χ1n) is 14.8. The molecule has 5 aliphatic rings. The number of hydrogen-bond donors (Lipinski definition) is 2. The lowest BCUT2D eigenvalue weighted by Crippen LogP contribution is -2.35. The fourth-order valence-corrected chi connectivity index (χ4v) is 7.56. The first kappa shape index (κ1) is 23.4. The second kappa shape index (κ2) is 9.30. The number of rotatable bonds is 4. The number of hydrogen-bond acceptors (Lipinski definition) is 7. The Morgan fingerprint density at radius 1 is 0.974 bits per heavy atom. The topological polar surface area (TPSA) is 97.8 Å². The zero-order valence-electron chi connectivity index (χ0n) is 22.4. The molecule has 0 bridgehead atoms. The lowest BCUT2D eigenvalue weighted by molar-refractivity contribution is 0.195. The molecule has 1 saturated carbocycles. The molecule has 0 radical (unpaired) electrons. The number of aryl methyl sites for hydroxylation is 2. The molecular formula is C31H36N8. The Balaban J connectivity index is 0.966. The van der Waals surface area contributed by atoms with Crippen LogP contribution in [-0.4, -0.2) is 54.5 Å². The van der Waals surface area contributed by atoms with E-state index in [0.717, 1.165) is 49.4 Å². The standard InChI is InChI=1S/C31H36N8/c32-30-34-31(37-39(30)28-18-23-6-3-5-20-4-1-2-7-26(20)29(23)36-35-28)33-24-11-8-19-9-12-25(13-10-21(19)16-24)38-15-14-22-17-27(22)38/h1-2,4,7-8,11,18,22,24-25,27H,3,5-6,9-10,12-17H2,(H3,32,33,34,37)/t22-,24?,25+,27+/m0/s1. The number of allylic oxidation sites excluding steroid dienone is 2. The number of fused-ring (bicyclic) bond motifs is 4. The van der Waals surface area contributed by atoms with Gasteiger partial charge >= 0.3 is 0 Å². The predicted molar refractivity (Wildman–Crippen MR) is 152 cm³/mol. The maximum Gasteiger partial charge on any atom is 0.244 e. The normalized spacial score (nSPS) is 27.7. The van der Waals surface area contributed by atoms with Gasteiger partial charge < -0.3 is 11.1 Å². The molecule has 3 heterocycles. The van der Waals surface area contributed by atoms with Crippen molar-refractivity contribution in [2.45, 2.75) is 82.3 Å². The first-order chi connectivity index (χ1) is 19.2. The van der Waals surface area contributed by atoms with E-state index in [2.05, 4.69) is 67.9 Å². The van der Waals surface area contributed by atoms with E-state index in [9.17, 15) is 0 Å². The molecule has 8 nitrogen and oxygen atoms in total. The van der Waals surface area contributed by atoms with Crippen LogP contribution in [0.15, 0.2) is 53.6 Å². The molecule has 1 saturated heterocycles. The summed E-state index contributed by atoms with van der Waals surface area (Å²) in [6.07, 6.45) is 16.6. The van der Waals surface area contributed by atoms with Crippen LogP contribution in [0.5, 0.6) is 0 Å². The molecule has 4 atom stereocenters. The highest BCUT2D eigenvalue weighted by atomic mass is 15.5. The molecule has 3 N–H and O–H groups in total. The lowest BCUT2D eigenvalue weighted by atomic mass is 9.91. The van der Waals surface area contributed by atoms with E-state index in [0.29, 0.717) is 17.7 Å². The molecule has 0 amide bonds. The highest BCUT2D eigenvalue weighted by molar-refractivity contribution is 5.68. The van der Waals surface area contributed by atoms with Crippen LogP contribution in [-0.2, 0) is 12.8 Å². The third-order valence-corrected chi connectivity index (χ3v) is 9.70. The second-order valence-electron chi connectivity index (χ2n) is 12.1. The maximum atomic E-state index is 6.33. The quantitative estimate of drug-likeness (QED) is 0.507. The molecule has 39 heavy (non-hydrogen) atoms. The number of nitrogen functional groups attached to an aromatic ring is 1. The van der Waals surface area contributed by atoms with Crippen LogP contribution in [0.2, 0.25) is 0 Å². The number of nitrogens with two attached hydrogens (primary N) is 1. The summed E-state index contributed by atoms with van der Waals surface area (Å²) in [5, 5.41) is 17.4. The molecule has 1 aliphatic heterocycles. The molecule has 200 valence electrons. The van der Waals surface area contributed by atoms with Gasteiger partial charge in [0.1, 0.15) is 0 Å². The van der Waals surface area contributed by atoms with Crippen molar-refractivity contribution in [2.75, 3.05) is 17.6 Å². The van der Waals surface area contributed by atoms with Gasteiger partial charge in [-0.3, -0.25) is 4.90 Å². The SMILES string of the molecule is Nc1nc(NC2C=CC3=C(CC[C@H](N4CC[C@H]5C[C@H]54)CC3)C2)nn1-c1cc2c(nn1)-c1ccccc1CCC2. The molecular weight excluding hydrogens is 484 g/mol. The first-order valence-corrected chi connectivity index (χ1v) is 14.8. The molecule has 0 spiro atoms. The molecule has 1 unspecified atom stereocenters. The average Bonchev–Trinajstić information content (AvgIpc) is 3.60. The summed E-state index contributed by atoms with van der Waals surface area (Å²) in [6.45, 7) is 1.32. The summed E-state index contributed by atoms with van der Waals surface area (Å²) in [4.78, 5) is 7.38. The molecule has 2 fully saturated rings. The van der Waals surface area contributed by atoms with Crippen molar-refractivity contribution in [2.24, 2.45) is 5.92 Å². The minimum atomic E-state index is 0.171. The van der Waals surface area contributed by atoms with Gasteiger partial charge in [0.15, 0.2) is 5.82 Å². The van der Waals surface area contributed by atoms with Gasteiger partial charge in [-0.05, 0) is 99.4 Å². The number of aromatic nitrogens is 5. The fraction of sp³-hybridized carbons (Fsp3) is 0.484. The Morgan fingerprint density at radius 2 is 1.87 bits per heavy atom. The van der Waals surface area contributed by atoms with Crippen molar-refractivity contribution in [1.29, 1.82) is 0 Å². The number of anilines is 2. The van der Waals surface area contributed by atoms with E-state index in [1.54, 1.807) is 15.8 Å². The van der Waals surface area contributed by atoms with Crippen LogP contribution in [0, 0.1) is 5.92 Å². The van der Waals surface area contributed by atoms with Gasteiger partial charge in [-0.15, -0.1) is 15.3 Å². The molecule has 8 heteroatoms. The largest absolute Gasteiger partial charge is 0.368 e. The van der Waals surface area contributed by atoms with Crippen LogP contribution < -0.4 is 11.1 Å². The van der Waals surface area contributed by atoms with Gasteiger partial charge in [-0.2, -0.15) is 9.67 Å². The van der Waals surface area contributed by atoms with Crippen molar-refractivity contribution >= 4 is 11.9 Å². The van der Waals surface area contributed by atoms with Crippen LogP contribution in [0.25, 0.3) is 17.1 Å². The van der Waals surface area contributed by atoms with Crippen LogP contribution in [0.1, 0.15) is 62.5 Å².